The van der Waals surface area contributed by atoms with Gasteiger partial charge in [0.05, 0.1) is 23.4 Å². The fourth-order valence-corrected chi connectivity index (χ4v) is 5.50. The van der Waals surface area contributed by atoms with Gasteiger partial charge in [-0.3, -0.25) is 18.8 Å². The van der Waals surface area contributed by atoms with Gasteiger partial charge in [0.2, 0.25) is 5.72 Å². The molecule has 0 spiro atoms. The number of methoxy groups -OCH3 is 1. The van der Waals surface area contributed by atoms with Crippen molar-refractivity contribution in [2.24, 2.45) is 10.9 Å². The van der Waals surface area contributed by atoms with Gasteiger partial charge in [0.25, 0.3) is 5.56 Å². The van der Waals surface area contributed by atoms with Gasteiger partial charge in [-0.25, -0.2) is 4.99 Å². The summed E-state index contributed by atoms with van der Waals surface area (Å²) in [6.07, 6.45) is 3.76. The maximum Gasteiger partial charge on any atom is 0.317 e. The topological polar surface area (TPSA) is 87.7 Å². The molecule has 0 fully saturated rings. The Balaban J connectivity index is 1.78. The monoisotopic (exact) mass is 438 g/mol. The number of aryl methyl sites for hydroxylation is 2. The third-order valence-electron chi connectivity index (χ3n) is 5.93. The molecule has 4 heterocycles. The van der Waals surface area contributed by atoms with Gasteiger partial charge < -0.3 is 9.47 Å². The number of hydrogen-bond donors (Lipinski definition) is 0. The first kappa shape index (κ1) is 19.7. The average Bonchev–Trinajstić information content (AvgIpc) is 3.25. The number of hydrogen-bond acceptors (Lipinski definition) is 7. The molecule has 31 heavy (non-hydrogen) atoms. The van der Waals surface area contributed by atoms with E-state index in [2.05, 4.69) is 5.10 Å². The Bertz CT molecular complexity index is 1390. The van der Waals surface area contributed by atoms with Crippen molar-refractivity contribution in [1.82, 2.24) is 14.3 Å². The normalized spacial score (nSPS) is 24.1. The van der Waals surface area contributed by atoms with Gasteiger partial charge in [0.15, 0.2) is 4.80 Å². The lowest BCUT2D eigenvalue weighted by molar-refractivity contribution is -0.158. The zero-order valence-corrected chi connectivity index (χ0v) is 18.5. The van der Waals surface area contributed by atoms with Crippen molar-refractivity contribution in [3.63, 3.8) is 0 Å². The van der Waals surface area contributed by atoms with E-state index in [-0.39, 0.29) is 5.56 Å². The molecule has 160 valence electrons. The summed E-state index contributed by atoms with van der Waals surface area (Å²) in [5.41, 5.74) is 1.15. The van der Waals surface area contributed by atoms with Gasteiger partial charge in [0.1, 0.15) is 11.7 Å². The highest BCUT2D eigenvalue weighted by Crippen LogP contribution is 2.47. The van der Waals surface area contributed by atoms with Crippen LogP contribution in [0.5, 0.6) is 5.75 Å². The fourth-order valence-electron chi connectivity index (χ4n) is 4.41. The summed E-state index contributed by atoms with van der Waals surface area (Å²) in [6.45, 7) is 6.45. The number of rotatable bonds is 3. The highest BCUT2D eigenvalue weighted by atomic mass is 32.1. The van der Waals surface area contributed by atoms with Crippen LogP contribution in [0.1, 0.15) is 36.7 Å². The number of para-hydroxylation sites is 1. The number of benzene rings is 1. The number of carbonyl (C=O) groups is 1. The molecule has 0 amide bonds. The van der Waals surface area contributed by atoms with Crippen LogP contribution in [0.15, 0.2) is 40.2 Å². The summed E-state index contributed by atoms with van der Waals surface area (Å²) in [4.78, 5) is 31.6. The number of nitrogens with zero attached hydrogens (tertiary/aromatic N) is 4. The minimum absolute atomic E-state index is 0.190. The first-order valence-corrected chi connectivity index (χ1v) is 10.9. The van der Waals surface area contributed by atoms with Crippen LogP contribution in [0.2, 0.25) is 0 Å². The maximum atomic E-state index is 13.5. The molecular formula is C22H22N4O4S. The van der Waals surface area contributed by atoms with E-state index in [1.807, 2.05) is 55.1 Å². The molecule has 0 aliphatic carbocycles. The lowest BCUT2D eigenvalue weighted by atomic mass is 9.81. The van der Waals surface area contributed by atoms with E-state index in [9.17, 15) is 9.59 Å². The molecule has 0 saturated heterocycles. The third-order valence-corrected chi connectivity index (χ3v) is 6.91. The quantitative estimate of drug-likeness (QED) is 0.577. The SMILES string of the molecule is CCn1cc(/C=c2/sc3n(c2=O)[C@H]2c4ccccc4O[C@](C)(N=3)[C@H]2C(=O)OC)c(C)n1. The first-order chi connectivity index (χ1) is 14.9. The predicted octanol–water partition coefficient (Wildman–Crippen LogP) is 1.38. The molecule has 3 atom stereocenters. The van der Waals surface area contributed by atoms with Gasteiger partial charge in [-0.2, -0.15) is 5.10 Å². The number of fused-ring (bicyclic) bond motifs is 6. The summed E-state index contributed by atoms with van der Waals surface area (Å²) < 4.78 is 15.3. The van der Waals surface area contributed by atoms with E-state index in [0.29, 0.717) is 15.1 Å². The Morgan fingerprint density at radius 3 is 2.87 bits per heavy atom. The number of carbonyl (C=O) groups excluding carboxylic acids is 1. The molecule has 2 aromatic heterocycles. The largest absolute Gasteiger partial charge is 0.469 e. The maximum absolute atomic E-state index is 13.5. The summed E-state index contributed by atoms with van der Waals surface area (Å²) in [5, 5.41) is 4.45. The Kier molecular flexibility index (Phi) is 4.40. The van der Waals surface area contributed by atoms with Crippen molar-refractivity contribution in [3.05, 3.63) is 67.0 Å². The van der Waals surface area contributed by atoms with Crippen LogP contribution in [0, 0.1) is 12.8 Å². The van der Waals surface area contributed by atoms with Crippen molar-refractivity contribution in [1.29, 1.82) is 0 Å². The Labute approximate surface area is 182 Å². The molecule has 0 N–H and O–H groups in total. The second-order valence-electron chi connectivity index (χ2n) is 7.85. The van der Waals surface area contributed by atoms with Gasteiger partial charge in [-0.05, 0) is 32.9 Å². The molecule has 1 aromatic carbocycles. The summed E-state index contributed by atoms with van der Waals surface area (Å²) in [5.74, 6) is -0.613. The molecule has 2 aliphatic heterocycles. The van der Waals surface area contributed by atoms with E-state index in [1.54, 1.807) is 11.5 Å². The highest BCUT2D eigenvalue weighted by molar-refractivity contribution is 7.07. The summed E-state index contributed by atoms with van der Waals surface area (Å²) in [7, 11) is 1.34. The Morgan fingerprint density at radius 1 is 1.39 bits per heavy atom. The van der Waals surface area contributed by atoms with Crippen LogP contribution in [-0.4, -0.2) is 33.2 Å². The van der Waals surface area contributed by atoms with Crippen LogP contribution in [0.3, 0.4) is 0 Å². The van der Waals surface area contributed by atoms with Crippen molar-refractivity contribution < 1.29 is 14.3 Å². The standard InChI is InChI=1S/C22H22N4O4S/c1-5-25-11-13(12(2)24-25)10-16-19(27)26-18-14-8-6-7-9-15(14)30-22(3,23-21(26)31-16)17(18)20(28)29-4/h6-11,17-18H,5H2,1-4H3/b16-10+/t17-,18+,22+/m1/s1. The molecule has 2 aliphatic rings. The third kappa shape index (κ3) is 2.87. The molecule has 0 unspecified atom stereocenters. The minimum atomic E-state index is -1.16. The second kappa shape index (κ2) is 6.91. The van der Waals surface area contributed by atoms with E-state index in [0.717, 1.165) is 23.4 Å². The molecule has 3 aromatic rings. The molecule has 8 nitrogen and oxygen atoms in total. The minimum Gasteiger partial charge on any atom is -0.469 e. The van der Waals surface area contributed by atoms with Crippen LogP contribution in [0.25, 0.3) is 6.08 Å². The van der Waals surface area contributed by atoms with Crippen LogP contribution >= 0.6 is 11.3 Å². The van der Waals surface area contributed by atoms with Crippen molar-refractivity contribution >= 4 is 23.4 Å². The molecule has 0 radical (unpaired) electrons. The van der Waals surface area contributed by atoms with Crippen LogP contribution in [0.4, 0.5) is 0 Å². The number of aromatic nitrogens is 3. The number of esters is 1. The first-order valence-electron chi connectivity index (χ1n) is 10.1. The van der Waals surface area contributed by atoms with Crippen LogP contribution in [-0.2, 0) is 16.1 Å². The van der Waals surface area contributed by atoms with Gasteiger partial charge in [-0.1, -0.05) is 29.5 Å². The van der Waals surface area contributed by atoms with E-state index < -0.39 is 23.7 Å². The van der Waals surface area contributed by atoms with Gasteiger partial charge in [0, 0.05) is 23.9 Å². The van der Waals surface area contributed by atoms with Gasteiger partial charge >= 0.3 is 5.97 Å². The van der Waals surface area contributed by atoms with E-state index >= 15 is 0 Å². The summed E-state index contributed by atoms with van der Waals surface area (Å²) >= 11 is 1.29. The molecule has 2 bridgehead atoms. The smallest absolute Gasteiger partial charge is 0.317 e. The Morgan fingerprint density at radius 2 is 2.16 bits per heavy atom. The average molecular weight is 439 g/mol. The van der Waals surface area contributed by atoms with E-state index in [1.165, 1.54) is 18.4 Å². The lowest BCUT2D eigenvalue weighted by Gasteiger charge is -2.44. The molecule has 0 saturated carbocycles. The van der Waals surface area contributed by atoms with Crippen LogP contribution < -0.4 is 19.6 Å². The van der Waals surface area contributed by atoms with Crippen molar-refractivity contribution in [3.8, 4) is 5.75 Å². The lowest BCUT2D eigenvalue weighted by Crippen LogP contribution is -2.58. The number of ether oxygens (including phenoxy) is 2. The molecular weight excluding hydrogens is 416 g/mol. The number of thiazole rings is 1. The second-order valence-corrected chi connectivity index (χ2v) is 8.86. The predicted molar refractivity (Wildman–Crippen MR) is 115 cm³/mol. The highest BCUT2D eigenvalue weighted by Gasteiger charge is 2.55. The zero-order valence-electron chi connectivity index (χ0n) is 17.7. The molecule has 9 heteroatoms. The fraction of sp³-hybridized carbons (Fsp3) is 0.364. The Hall–Kier alpha value is -3.20. The van der Waals surface area contributed by atoms with Gasteiger partial charge in [-0.15, -0.1) is 0 Å². The summed E-state index contributed by atoms with van der Waals surface area (Å²) in [6, 6.07) is 6.90. The van der Waals surface area contributed by atoms with E-state index in [4.69, 9.17) is 14.5 Å². The van der Waals surface area contributed by atoms with Crippen molar-refractivity contribution in [2.45, 2.75) is 39.1 Å². The van der Waals surface area contributed by atoms with Crippen molar-refractivity contribution in [2.75, 3.05) is 7.11 Å². The molecule has 5 rings (SSSR count). The zero-order chi connectivity index (χ0) is 21.9.